The first kappa shape index (κ1) is 18.3. The van der Waals surface area contributed by atoms with Crippen LogP contribution in [-0.4, -0.2) is 52.5 Å². The third-order valence-electron chi connectivity index (χ3n) is 4.87. The van der Waals surface area contributed by atoms with Gasteiger partial charge in [-0.15, -0.1) is 0 Å². The maximum atomic E-state index is 12.9. The number of fused-ring (bicyclic) bond motifs is 1. The summed E-state index contributed by atoms with van der Waals surface area (Å²) in [5, 5.41) is 0. The van der Waals surface area contributed by atoms with Crippen LogP contribution in [0, 0.1) is 0 Å². The number of hydrogen-bond acceptors (Lipinski definition) is 5. The highest BCUT2D eigenvalue weighted by Gasteiger charge is 2.52. The van der Waals surface area contributed by atoms with Crippen LogP contribution in [0.4, 0.5) is 5.69 Å². The Morgan fingerprint density at radius 1 is 1.16 bits per heavy atom. The standard InChI is InChI=1S/C17H24N2O5S/c1-4-9-19-15-8-7-13(25(21,22)18-10-5-6-11-18)12-14(15)17(23-2,24-3)16(19)20/h7-8,12H,4-6,9-11H2,1-3H3. The summed E-state index contributed by atoms with van der Waals surface area (Å²) in [5.74, 6) is -1.92. The van der Waals surface area contributed by atoms with Crippen molar-refractivity contribution in [2.75, 3.05) is 38.8 Å². The SMILES string of the molecule is CCCN1C(=O)C(OC)(OC)c2cc(S(=O)(=O)N3CCCC3)ccc21. The minimum atomic E-state index is -3.58. The first-order valence-corrected chi connectivity index (χ1v) is 9.93. The summed E-state index contributed by atoms with van der Waals surface area (Å²) >= 11 is 0. The van der Waals surface area contributed by atoms with Crippen molar-refractivity contribution in [3.8, 4) is 0 Å². The van der Waals surface area contributed by atoms with E-state index in [0.717, 1.165) is 19.3 Å². The van der Waals surface area contributed by atoms with E-state index in [-0.39, 0.29) is 10.8 Å². The molecule has 8 heteroatoms. The number of rotatable bonds is 6. The summed E-state index contributed by atoms with van der Waals surface area (Å²) in [6, 6.07) is 4.75. The molecule has 2 aliphatic rings. The highest BCUT2D eigenvalue weighted by molar-refractivity contribution is 7.89. The molecule has 3 rings (SSSR count). The molecule has 1 amide bonds. The number of anilines is 1. The number of amides is 1. The quantitative estimate of drug-likeness (QED) is 0.714. The second-order valence-electron chi connectivity index (χ2n) is 6.27. The third-order valence-corrected chi connectivity index (χ3v) is 6.76. The molecule has 0 radical (unpaired) electrons. The Balaban J connectivity index is 2.12. The van der Waals surface area contributed by atoms with Gasteiger partial charge in [0.05, 0.1) is 10.6 Å². The smallest absolute Gasteiger partial charge is 0.292 e. The third kappa shape index (κ3) is 2.68. The zero-order chi connectivity index (χ0) is 18.2. The molecule has 0 aromatic heterocycles. The summed E-state index contributed by atoms with van der Waals surface area (Å²) in [7, 11) is -0.799. The molecule has 1 aromatic carbocycles. The average Bonchev–Trinajstić information content (AvgIpc) is 3.22. The maximum absolute atomic E-state index is 12.9. The van der Waals surface area contributed by atoms with Crippen molar-refractivity contribution < 1.29 is 22.7 Å². The second-order valence-corrected chi connectivity index (χ2v) is 8.21. The van der Waals surface area contributed by atoms with Gasteiger partial charge in [0.1, 0.15) is 0 Å². The van der Waals surface area contributed by atoms with Gasteiger partial charge in [0, 0.05) is 39.4 Å². The van der Waals surface area contributed by atoms with Crippen LogP contribution in [-0.2, 0) is 30.1 Å². The van der Waals surface area contributed by atoms with Crippen LogP contribution in [0.3, 0.4) is 0 Å². The highest BCUT2D eigenvalue weighted by Crippen LogP contribution is 2.44. The zero-order valence-corrected chi connectivity index (χ0v) is 15.6. The first-order chi connectivity index (χ1) is 11.9. The second kappa shape index (κ2) is 6.68. The first-order valence-electron chi connectivity index (χ1n) is 8.49. The Kier molecular flexibility index (Phi) is 4.89. The molecule has 0 spiro atoms. The van der Waals surface area contributed by atoms with Crippen LogP contribution < -0.4 is 4.90 Å². The minimum absolute atomic E-state index is 0.165. The molecule has 138 valence electrons. The Labute approximate surface area is 148 Å². The Bertz CT molecular complexity index is 767. The van der Waals surface area contributed by atoms with E-state index in [1.807, 2.05) is 6.92 Å². The number of benzene rings is 1. The van der Waals surface area contributed by atoms with Crippen molar-refractivity contribution in [1.29, 1.82) is 0 Å². The lowest BCUT2D eigenvalue weighted by Gasteiger charge is -2.25. The number of sulfonamides is 1. The average molecular weight is 368 g/mol. The fourth-order valence-electron chi connectivity index (χ4n) is 3.58. The van der Waals surface area contributed by atoms with Gasteiger partial charge in [0.25, 0.3) is 11.7 Å². The molecule has 2 heterocycles. The molecule has 1 saturated heterocycles. The lowest BCUT2D eigenvalue weighted by molar-refractivity contribution is -0.209. The van der Waals surface area contributed by atoms with Crippen molar-refractivity contribution in [3.05, 3.63) is 23.8 Å². The predicted molar refractivity (Wildman–Crippen MR) is 92.8 cm³/mol. The minimum Gasteiger partial charge on any atom is -0.342 e. The highest BCUT2D eigenvalue weighted by atomic mass is 32.2. The van der Waals surface area contributed by atoms with Gasteiger partial charge in [-0.25, -0.2) is 8.42 Å². The van der Waals surface area contributed by atoms with Crippen LogP contribution in [0.25, 0.3) is 0 Å². The van der Waals surface area contributed by atoms with Gasteiger partial charge < -0.3 is 14.4 Å². The number of ether oxygens (including phenoxy) is 2. The summed E-state index contributed by atoms with van der Waals surface area (Å²) in [6.45, 7) is 3.54. The van der Waals surface area contributed by atoms with Crippen LogP contribution in [0.5, 0.6) is 0 Å². The molecule has 0 bridgehead atoms. The molecule has 1 fully saturated rings. The molecule has 0 saturated carbocycles. The van der Waals surface area contributed by atoms with Gasteiger partial charge >= 0.3 is 0 Å². The lowest BCUT2D eigenvalue weighted by Crippen LogP contribution is -2.43. The molecule has 0 atom stereocenters. The number of methoxy groups -OCH3 is 2. The normalized spacial score (nSPS) is 20.3. The molecule has 25 heavy (non-hydrogen) atoms. The molecule has 7 nitrogen and oxygen atoms in total. The van der Waals surface area contributed by atoms with E-state index in [1.165, 1.54) is 24.6 Å². The van der Waals surface area contributed by atoms with Crippen LogP contribution in [0.1, 0.15) is 31.7 Å². The van der Waals surface area contributed by atoms with Gasteiger partial charge in [0.15, 0.2) is 0 Å². The molecule has 1 aromatic rings. The molecule has 0 aliphatic carbocycles. The molecular weight excluding hydrogens is 344 g/mol. The van der Waals surface area contributed by atoms with E-state index in [9.17, 15) is 13.2 Å². The molecular formula is C17H24N2O5S. The summed E-state index contributed by atoms with van der Waals surface area (Å²) in [6.07, 6.45) is 2.50. The molecule has 2 aliphatic heterocycles. The molecule has 0 unspecified atom stereocenters. The fraction of sp³-hybridized carbons (Fsp3) is 0.588. The predicted octanol–water partition coefficient (Wildman–Crippen LogP) is 1.67. The number of carbonyl (C=O) groups is 1. The molecule has 0 N–H and O–H groups in total. The van der Waals surface area contributed by atoms with Gasteiger partial charge in [-0.2, -0.15) is 4.31 Å². The van der Waals surface area contributed by atoms with Gasteiger partial charge in [0.2, 0.25) is 10.0 Å². The zero-order valence-electron chi connectivity index (χ0n) is 14.8. The van der Waals surface area contributed by atoms with Gasteiger partial charge in [-0.3, -0.25) is 4.79 Å². The van der Waals surface area contributed by atoms with Gasteiger partial charge in [-0.1, -0.05) is 6.92 Å². The number of nitrogens with zero attached hydrogens (tertiary/aromatic N) is 2. The van der Waals surface area contributed by atoms with E-state index in [0.29, 0.717) is 30.9 Å². The number of carbonyl (C=O) groups excluding carboxylic acids is 1. The van der Waals surface area contributed by atoms with E-state index >= 15 is 0 Å². The number of hydrogen-bond donors (Lipinski definition) is 0. The Morgan fingerprint density at radius 2 is 1.80 bits per heavy atom. The summed E-state index contributed by atoms with van der Waals surface area (Å²) in [4.78, 5) is 14.6. The van der Waals surface area contributed by atoms with E-state index in [2.05, 4.69) is 0 Å². The van der Waals surface area contributed by atoms with Crippen LogP contribution in [0.2, 0.25) is 0 Å². The van der Waals surface area contributed by atoms with E-state index in [4.69, 9.17) is 9.47 Å². The van der Waals surface area contributed by atoms with Gasteiger partial charge in [-0.05, 0) is 37.5 Å². The lowest BCUT2D eigenvalue weighted by atomic mass is 10.1. The van der Waals surface area contributed by atoms with Crippen LogP contribution >= 0.6 is 0 Å². The summed E-state index contributed by atoms with van der Waals surface area (Å²) < 4.78 is 38.1. The van der Waals surface area contributed by atoms with E-state index in [1.54, 1.807) is 17.0 Å². The van der Waals surface area contributed by atoms with Crippen LogP contribution in [0.15, 0.2) is 23.1 Å². The monoisotopic (exact) mass is 368 g/mol. The topological polar surface area (TPSA) is 76.1 Å². The van der Waals surface area contributed by atoms with Crippen molar-refractivity contribution >= 4 is 21.6 Å². The van der Waals surface area contributed by atoms with Crippen molar-refractivity contribution in [3.63, 3.8) is 0 Å². The van der Waals surface area contributed by atoms with E-state index < -0.39 is 15.8 Å². The maximum Gasteiger partial charge on any atom is 0.292 e. The fourth-order valence-corrected chi connectivity index (χ4v) is 5.12. The largest absolute Gasteiger partial charge is 0.342 e. The Morgan fingerprint density at radius 3 is 2.36 bits per heavy atom. The summed E-state index contributed by atoms with van der Waals surface area (Å²) in [5.41, 5.74) is 1.08. The van der Waals surface area contributed by atoms with Crippen molar-refractivity contribution in [1.82, 2.24) is 4.31 Å². The van der Waals surface area contributed by atoms with Crippen molar-refractivity contribution in [2.24, 2.45) is 0 Å². The Hall–Kier alpha value is -1.48. The van der Waals surface area contributed by atoms with Crippen molar-refractivity contribution in [2.45, 2.75) is 36.9 Å².